The van der Waals surface area contributed by atoms with Gasteiger partial charge in [-0.15, -0.1) is 0 Å². The second-order valence-corrected chi connectivity index (χ2v) is 3.23. The Morgan fingerprint density at radius 2 is 1.62 bits per heavy atom. The van der Waals surface area contributed by atoms with E-state index >= 15 is 0 Å². The van der Waals surface area contributed by atoms with Gasteiger partial charge in [0.25, 0.3) is 5.91 Å². The average Bonchev–Trinajstić information content (AvgIpc) is 2.15. The standard InChI is InChI=1S/C9H6ClNO5/c10-4-2-1-3(8(13)14)5(9(15)16)6(4)7(11)12/h1-2H,(H2,11,12)(H,13,14)(H,15,16). The van der Waals surface area contributed by atoms with E-state index in [2.05, 4.69) is 0 Å². The van der Waals surface area contributed by atoms with Crippen LogP contribution in [0.15, 0.2) is 12.1 Å². The van der Waals surface area contributed by atoms with Gasteiger partial charge in [0.15, 0.2) is 0 Å². The fraction of sp³-hybridized carbons (Fsp3) is 0. The molecule has 0 saturated heterocycles. The van der Waals surface area contributed by atoms with Crippen molar-refractivity contribution in [3.05, 3.63) is 33.8 Å². The molecule has 7 heteroatoms. The molecule has 0 atom stereocenters. The van der Waals surface area contributed by atoms with Gasteiger partial charge < -0.3 is 15.9 Å². The van der Waals surface area contributed by atoms with Crippen molar-refractivity contribution in [1.29, 1.82) is 0 Å². The molecule has 0 aliphatic heterocycles. The number of hydrogen-bond acceptors (Lipinski definition) is 3. The summed E-state index contributed by atoms with van der Waals surface area (Å²) in [6.45, 7) is 0. The molecule has 0 aliphatic rings. The Morgan fingerprint density at radius 1 is 1.06 bits per heavy atom. The van der Waals surface area contributed by atoms with Gasteiger partial charge in [-0.3, -0.25) is 4.79 Å². The summed E-state index contributed by atoms with van der Waals surface area (Å²) in [6.07, 6.45) is 0. The molecule has 16 heavy (non-hydrogen) atoms. The predicted molar refractivity (Wildman–Crippen MR) is 53.9 cm³/mol. The predicted octanol–water partition coefficient (Wildman–Crippen LogP) is 0.835. The Morgan fingerprint density at radius 3 is 2.00 bits per heavy atom. The first-order valence-electron chi connectivity index (χ1n) is 3.95. The summed E-state index contributed by atoms with van der Waals surface area (Å²) in [5, 5.41) is 17.4. The molecule has 1 rings (SSSR count). The zero-order chi connectivity index (χ0) is 12.5. The van der Waals surface area contributed by atoms with Gasteiger partial charge in [-0.1, -0.05) is 11.6 Å². The highest BCUT2D eigenvalue weighted by Gasteiger charge is 2.25. The second-order valence-electron chi connectivity index (χ2n) is 2.82. The molecule has 4 N–H and O–H groups in total. The van der Waals surface area contributed by atoms with Crippen LogP contribution in [0.5, 0.6) is 0 Å². The third kappa shape index (κ3) is 1.96. The van der Waals surface area contributed by atoms with Gasteiger partial charge in [0.1, 0.15) is 0 Å². The van der Waals surface area contributed by atoms with E-state index in [0.717, 1.165) is 12.1 Å². The first-order chi connectivity index (χ1) is 7.36. The lowest BCUT2D eigenvalue weighted by Gasteiger charge is -2.07. The zero-order valence-electron chi connectivity index (χ0n) is 7.73. The number of rotatable bonds is 3. The monoisotopic (exact) mass is 243 g/mol. The minimum absolute atomic E-state index is 0.199. The Labute approximate surface area is 94.2 Å². The fourth-order valence-electron chi connectivity index (χ4n) is 1.22. The van der Waals surface area contributed by atoms with Crippen molar-refractivity contribution in [2.45, 2.75) is 0 Å². The Bertz CT molecular complexity index is 497. The quantitative estimate of drug-likeness (QED) is 0.727. The highest BCUT2D eigenvalue weighted by atomic mass is 35.5. The molecule has 1 aromatic carbocycles. The molecule has 0 unspecified atom stereocenters. The van der Waals surface area contributed by atoms with Gasteiger partial charge >= 0.3 is 11.9 Å². The summed E-state index contributed by atoms with van der Waals surface area (Å²) in [5.74, 6) is -4.14. The third-order valence-electron chi connectivity index (χ3n) is 1.85. The van der Waals surface area contributed by atoms with Gasteiger partial charge in [0.2, 0.25) is 0 Å². The zero-order valence-corrected chi connectivity index (χ0v) is 8.49. The molecule has 0 bridgehead atoms. The van der Waals surface area contributed by atoms with Crippen LogP contribution in [0, 0.1) is 0 Å². The van der Waals surface area contributed by atoms with Crippen LogP contribution in [0.2, 0.25) is 5.02 Å². The van der Waals surface area contributed by atoms with E-state index in [-0.39, 0.29) is 5.02 Å². The summed E-state index contributed by atoms with van der Waals surface area (Å²) < 4.78 is 0. The maximum absolute atomic E-state index is 11.0. The summed E-state index contributed by atoms with van der Waals surface area (Å²) in [4.78, 5) is 32.6. The van der Waals surface area contributed by atoms with Crippen LogP contribution in [0.25, 0.3) is 0 Å². The molecule has 0 fully saturated rings. The fourth-order valence-corrected chi connectivity index (χ4v) is 1.47. The van der Waals surface area contributed by atoms with E-state index in [9.17, 15) is 14.4 Å². The molecule has 0 radical (unpaired) electrons. The largest absolute Gasteiger partial charge is 0.478 e. The molecule has 0 heterocycles. The summed E-state index contributed by atoms with van der Waals surface area (Å²) in [6, 6.07) is 2.11. The molecular formula is C9H6ClNO5. The van der Waals surface area contributed by atoms with Crippen LogP contribution in [-0.4, -0.2) is 28.1 Å². The van der Waals surface area contributed by atoms with Gasteiger partial charge in [-0.2, -0.15) is 0 Å². The van der Waals surface area contributed by atoms with Crippen molar-refractivity contribution in [3.8, 4) is 0 Å². The first-order valence-corrected chi connectivity index (χ1v) is 4.33. The smallest absolute Gasteiger partial charge is 0.337 e. The highest BCUT2D eigenvalue weighted by molar-refractivity contribution is 6.35. The van der Waals surface area contributed by atoms with Crippen molar-refractivity contribution >= 4 is 29.4 Å². The number of carboxylic acids is 2. The van der Waals surface area contributed by atoms with Gasteiger partial charge in [0, 0.05) is 0 Å². The molecule has 0 aliphatic carbocycles. The molecule has 0 saturated carbocycles. The number of amides is 1. The molecule has 0 spiro atoms. The number of primary amides is 1. The minimum Gasteiger partial charge on any atom is -0.478 e. The molecule has 84 valence electrons. The molecule has 0 aromatic heterocycles. The van der Waals surface area contributed by atoms with Crippen LogP contribution in [-0.2, 0) is 0 Å². The summed E-state index contributed by atoms with van der Waals surface area (Å²) >= 11 is 5.59. The van der Waals surface area contributed by atoms with E-state index in [1.807, 2.05) is 0 Å². The Hall–Kier alpha value is -2.08. The number of nitrogens with two attached hydrogens (primary N) is 1. The minimum atomic E-state index is -1.58. The van der Waals surface area contributed by atoms with Gasteiger partial charge in [0.05, 0.1) is 21.7 Å². The SMILES string of the molecule is NC(=O)c1c(Cl)ccc(C(=O)O)c1C(=O)O. The van der Waals surface area contributed by atoms with Crippen LogP contribution < -0.4 is 5.73 Å². The van der Waals surface area contributed by atoms with Crippen molar-refractivity contribution in [1.82, 2.24) is 0 Å². The van der Waals surface area contributed by atoms with Crippen LogP contribution in [0.1, 0.15) is 31.1 Å². The Balaban J connectivity index is 3.70. The number of carbonyl (C=O) groups is 3. The number of hydrogen-bond donors (Lipinski definition) is 3. The number of carboxylic acid groups (broad SMARTS) is 2. The average molecular weight is 244 g/mol. The lowest BCUT2D eigenvalue weighted by molar-refractivity contribution is 0.0649. The topological polar surface area (TPSA) is 118 Å². The number of carbonyl (C=O) groups excluding carboxylic acids is 1. The molecular weight excluding hydrogens is 238 g/mol. The molecule has 1 aromatic rings. The highest BCUT2D eigenvalue weighted by Crippen LogP contribution is 2.23. The second kappa shape index (κ2) is 4.19. The number of aromatic carboxylic acids is 2. The summed E-state index contributed by atoms with van der Waals surface area (Å²) in [7, 11) is 0. The van der Waals surface area contributed by atoms with E-state index in [0.29, 0.717) is 0 Å². The van der Waals surface area contributed by atoms with E-state index in [1.54, 1.807) is 0 Å². The van der Waals surface area contributed by atoms with Crippen molar-refractivity contribution in [2.75, 3.05) is 0 Å². The van der Waals surface area contributed by atoms with E-state index in [1.165, 1.54) is 0 Å². The van der Waals surface area contributed by atoms with E-state index in [4.69, 9.17) is 27.5 Å². The van der Waals surface area contributed by atoms with Crippen molar-refractivity contribution in [2.24, 2.45) is 5.73 Å². The van der Waals surface area contributed by atoms with Gasteiger partial charge in [-0.05, 0) is 12.1 Å². The van der Waals surface area contributed by atoms with Gasteiger partial charge in [-0.25, -0.2) is 9.59 Å². The first kappa shape index (κ1) is 12.0. The van der Waals surface area contributed by atoms with E-state index < -0.39 is 34.5 Å². The maximum Gasteiger partial charge on any atom is 0.337 e. The molecule has 6 nitrogen and oxygen atoms in total. The third-order valence-corrected chi connectivity index (χ3v) is 2.16. The lowest BCUT2D eigenvalue weighted by Crippen LogP contribution is -2.20. The maximum atomic E-state index is 11.0. The van der Waals surface area contributed by atoms with Crippen molar-refractivity contribution in [3.63, 3.8) is 0 Å². The summed E-state index contributed by atoms with van der Waals surface area (Å²) in [5.41, 5.74) is 3.20. The van der Waals surface area contributed by atoms with Crippen molar-refractivity contribution < 1.29 is 24.6 Å². The molecule has 1 amide bonds. The normalized spacial score (nSPS) is 9.81. The van der Waals surface area contributed by atoms with Crippen LogP contribution >= 0.6 is 11.6 Å². The number of halogens is 1. The lowest BCUT2D eigenvalue weighted by atomic mass is 10.0. The number of benzene rings is 1. The van der Waals surface area contributed by atoms with Crippen LogP contribution in [0.4, 0.5) is 0 Å². The van der Waals surface area contributed by atoms with Crippen LogP contribution in [0.3, 0.4) is 0 Å². The Kier molecular flexibility index (Phi) is 3.14.